The number of hydrogen-bond donors (Lipinski definition) is 1. The third-order valence-electron chi connectivity index (χ3n) is 3.96. The molecule has 0 aliphatic carbocycles. The van der Waals surface area contributed by atoms with Gasteiger partial charge in [0.1, 0.15) is 0 Å². The van der Waals surface area contributed by atoms with Crippen LogP contribution in [0.4, 0.5) is 0 Å². The van der Waals surface area contributed by atoms with E-state index in [1.165, 1.54) is 5.56 Å². The Morgan fingerprint density at radius 1 is 0.952 bits per heavy atom. The normalized spacial score (nSPS) is 12.5. The fourth-order valence-corrected chi connectivity index (χ4v) is 2.59. The molecule has 3 rings (SSSR count). The van der Waals surface area contributed by atoms with E-state index in [0.717, 1.165) is 34.1 Å². The lowest BCUT2D eigenvalue weighted by atomic mass is 9.97. The molecule has 0 radical (unpaired) electrons. The Bertz CT molecular complexity index is 760. The van der Waals surface area contributed by atoms with E-state index >= 15 is 0 Å². The van der Waals surface area contributed by atoms with Crippen molar-refractivity contribution in [2.45, 2.75) is 26.3 Å². The Labute approximate surface area is 125 Å². The maximum Gasteiger partial charge on any atom is 0.0705 e. The lowest BCUT2D eigenvalue weighted by molar-refractivity contribution is 0.871. The van der Waals surface area contributed by atoms with Crippen molar-refractivity contribution < 1.29 is 0 Å². The number of hydrogen-bond acceptors (Lipinski definition) is 2. The van der Waals surface area contributed by atoms with Crippen LogP contribution in [-0.2, 0) is 6.42 Å². The van der Waals surface area contributed by atoms with Gasteiger partial charge < -0.3 is 5.73 Å². The highest BCUT2D eigenvalue weighted by molar-refractivity contribution is 5.79. The molecule has 1 atom stereocenters. The van der Waals surface area contributed by atoms with E-state index in [0.29, 0.717) is 0 Å². The number of pyridine rings is 1. The lowest BCUT2D eigenvalue weighted by Gasteiger charge is -2.14. The highest BCUT2D eigenvalue weighted by Crippen LogP contribution is 2.23. The quantitative estimate of drug-likeness (QED) is 0.780. The minimum atomic E-state index is -0.0957. The molecule has 0 aliphatic rings. The number of fused-ring (bicyclic) bond motifs is 1. The second kappa shape index (κ2) is 5.66. The zero-order valence-corrected chi connectivity index (χ0v) is 12.5. The standard InChI is InChI=1S/C19H20N2/c1-3-14-5-8-15(9-6-14)19(20)17-10-11-18-16(12-17)7-4-13(2)21-18/h4-12,19H,3,20H2,1-2H3. The zero-order chi connectivity index (χ0) is 14.8. The third kappa shape index (κ3) is 2.81. The van der Waals surface area contributed by atoms with Gasteiger partial charge in [0.2, 0.25) is 0 Å². The smallest absolute Gasteiger partial charge is 0.0705 e. The first-order valence-electron chi connectivity index (χ1n) is 7.39. The molecule has 0 amide bonds. The van der Waals surface area contributed by atoms with Crippen molar-refractivity contribution in [1.82, 2.24) is 4.98 Å². The summed E-state index contributed by atoms with van der Waals surface area (Å²) in [5.41, 5.74) is 12.1. The second-order valence-electron chi connectivity index (χ2n) is 5.48. The van der Waals surface area contributed by atoms with E-state index in [4.69, 9.17) is 5.73 Å². The molecular weight excluding hydrogens is 256 g/mol. The summed E-state index contributed by atoms with van der Waals surface area (Å²) in [6.45, 7) is 4.17. The molecule has 0 spiro atoms. The minimum Gasteiger partial charge on any atom is -0.320 e. The molecule has 1 heterocycles. The summed E-state index contributed by atoms with van der Waals surface area (Å²) in [4.78, 5) is 4.53. The summed E-state index contributed by atoms with van der Waals surface area (Å²) in [5.74, 6) is 0. The Morgan fingerprint density at radius 3 is 2.38 bits per heavy atom. The molecule has 3 aromatic rings. The molecule has 2 nitrogen and oxygen atoms in total. The molecule has 0 fully saturated rings. The van der Waals surface area contributed by atoms with Gasteiger partial charge >= 0.3 is 0 Å². The van der Waals surface area contributed by atoms with Gasteiger partial charge in [0.15, 0.2) is 0 Å². The average molecular weight is 276 g/mol. The highest BCUT2D eigenvalue weighted by atomic mass is 14.7. The van der Waals surface area contributed by atoms with Gasteiger partial charge in [-0.2, -0.15) is 0 Å². The van der Waals surface area contributed by atoms with E-state index in [1.807, 2.05) is 13.0 Å². The van der Waals surface area contributed by atoms with Gasteiger partial charge in [0.25, 0.3) is 0 Å². The summed E-state index contributed by atoms with van der Waals surface area (Å²) in [7, 11) is 0. The summed E-state index contributed by atoms with van der Waals surface area (Å²) in [6, 6.07) is 18.9. The molecule has 2 N–H and O–H groups in total. The van der Waals surface area contributed by atoms with Crippen LogP contribution >= 0.6 is 0 Å². The van der Waals surface area contributed by atoms with Crippen molar-refractivity contribution in [3.8, 4) is 0 Å². The fourth-order valence-electron chi connectivity index (χ4n) is 2.59. The fraction of sp³-hybridized carbons (Fsp3) is 0.211. The van der Waals surface area contributed by atoms with Gasteiger partial charge in [-0.25, -0.2) is 0 Å². The summed E-state index contributed by atoms with van der Waals surface area (Å²) < 4.78 is 0. The lowest BCUT2D eigenvalue weighted by Crippen LogP contribution is -2.11. The monoisotopic (exact) mass is 276 g/mol. The Morgan fingerprint density at radius 2 is 1.67 bits per heavy atom. The Balaban J connectivity index is 1.96. The van der Waals surface area contributed by atoms with Gasteiger partial charge in [-0.15, -0.1) is 0 Å². The molecule has 1 aromatic heterocycles. The van der Waals surface area contributed by atoms with Gasteiger partial charge in [0, 0.05) is 11.1 Å². The van der Waals surface area contributed by atoms with Crippen molar-refractivity contribution >= 4 is 10.9 Å². The SMILES string of the molecule is CCc1ccc(C(N)c2ccc3nc(C)ccc3c2)cc1. The average Bonchev–Trinajstić information content (AvgIpc) is 2.53. The number of benzene rings is 2. The van der Waals surface area contributed by atoms with E-state index < -0.39 is 0 Å². The van der Waals surface area contributed by atoms with Crippen LogP contribution in [0.3, 0.4) is 0 Å². The number of nitrogens with two attached hydrogens (primary N) is 1. The van der Waals surface area contributed by atoms with Crippen LogP contribution in [0.1, 0.15) is 35.3 Å². The van der Waals surface area contributed by atoms with E-state index in [2.05, 4.69) is 60.4 Å². The molecule has 0 saturated carbocycles. The van der Waals surface area contributed by atoms with Crippen LogP contribution in [0, 0.1) is 6.92 Å². The Kier molecular flexibility index (Phi) is 3.72. The largest absolute Gasteiger partial charge is 0.320 e. The summed E-state index contributed by atoms with van der Waals surface area (Å²) in [6.07, 6.45) is 1.05. The van der Waals surface area contributed by atoms with Crippen LogP contribution in [-0.4, -0.2) is 4.98 Å². The number of aromatic nitrogens is 1. The molecule has 2 aromatic carbocycles. The first-order valence-corrected chi connectivity index (χ1v) is 7.39. The van der Waals surface area contributed by atoms with Crippen molar-refractivity contribution in [1.29, 1.82) is 0 Å². The van der Waals surface area contributed by atoms with Gasteiger partial charge in [0.05, 0.1) is 11.6 Å². The number of nitrogens with zero attached hydrogens (tertiary/aromatic N) is 1. The molecule has 0 aliphatic heterocycles. The maximum absolute atomic E-state index is 6.41. The molecule has 106 valence electrons. The van der Waals surface area contributed by atoms with Crippen LogP contribution in [0.5, 0.6) is 0 Å². The maximum atomic E-state index is 6.41. The van der Waals surface area contributed by atoms with E-state index in [-0.39, 0.29) is 6.04 Å². The molecule has 0 bridgehead atoms. The molecule has 1 unspecified atom stereocenters. The van der Waals surface area contributed by atoms with Crippen molar-refractivity contribution in [3.63, 3.8) is 0 Å². The summed E-state index contributed by atoms with van der Waals surface area (Å²) in [5, 5.41) is 1.14. The van der Waals surface area contributed by atoms with Crippen LogP contribution < -0.4 is 5.73 Å². The van der Waals surface area contributed by atoms with Crippen LogP contribution in [0.2, 0.25) is 0 Å². The highest BCUT2D eigenvalue weighted by Gasteiger charge is 2.09. The minimum absolute atomic E-state index is 0.0957. The third-order valence-corrected chi connectivity index (χ3v) is 3.96. The van der Waals surface area contributed by atoms with Crippen LogP contribution in [0.15, 0.2) is 54.6 Å². The zero-order valence-electron chi connectivity index (χ0n) is 12.5. The molecule has 0 saturated heterocycles. The Hall–Kier alpha value is -2.19. The van der Waals surface area contributed by atoms with Crippen molar-refractivity contribution in [3.05, 3.63) is 77.0 Å². The molecular formula is C19H20N2. The number of aryl methyl sites for hydroxylation is 2. The molecule has 2 heteroatoms. The predicted molar refractivity (Wildman–Crippen MR) is 88.3 cm³/mol. The van der Waals surface area contributed by atoms with E-state index in [1.54, 1.807) is 0 Å². The second-order valence-corrected chi connectivity index (χ2v) is 5.48. The predicted octanol–water partition coefficient (Wildman–Crippen LogP) is 4.15. The first-order chi connectivity index (χ1) is 10.2. The van der Waals surface area contributed by atoms with E-state index in [9.17, 15) is 0 Å². The van der Waals surface area contributed by atoms with Crippen molar-refractivity contribution in [2.24, 2.45) is 5.73 Å². The summed E-state index contributed by atoms with van der Waals surface area (Å²) >= 11 is 0. The van der Waals surface area contributed by atoms with Gasteiger partial charge in [-0.3, -0.25) is 4.98 Å². The number of rotatable bonds is 3. The van der Waals surface area contributed by atoms with Gasteiger partial charge in [-0.1, -0.05) is 43.3 Å². The van der Waals surface area contributed by atoms with Gasteiger partial charge in [-0.05, 0) is 48.2 Å². The topological polar surface area (TPSA) is 38.9 Å². The first kappa shape index (κ1) is 13.8. The van der Waals surface area contributed by atoms with Crippen molar-refractivity contribution in [2.75, 3.05) is 0 Å². The molecule has 21 heavy (non-hydrogen) atoms. The van der Waals surface area contributed by atoms with Crippen LogP contribution in [0.25, 0.3) is 10.9 Å².